The number of fused-ring (bicyclic) bond motifs is 1. The van der Waals surface area contributed by atoms with Gasteiger partial charge in [-0.3, -0.25) is 4.72 Å². The molecule has 0 radical (unpaired) electrons. The minimum atomic E-state index is -3.98. The van der Waals surface area contributed by atoms with Crippen LogP contribution in [0, 0.1) is 0 Å². The van der Waals surface area contributed by atoms with Crippen molar-refractivity contribution < 1.29 is 22.7 Å². The first kappa shape index (κ1) is 15.3. The van der Waals surface area contributed by atoms with E-state index >= 15 is 0 Å². The molecule has 2 aromatic carbocycles. The van der Waals surface area contributed by atoms with Gasteiger partial charge in [-0.2, -0.15) is 0 Å². The van der Waals surface area contributed by atoms with Gasteiger partial charge in [-0.25, -0.2) is 13.2 Å². The maximum absolute atomic E-state index is 12.3. The van der Waals surface area contributed by atoms with E-state index in [-0.39, 0.29) is 16.1 Å². The molecule has 0 atom stereocenters. The lowest BCUT2D eigenvalue weighted by Gasteiger charge is -2.09. The highest BCUT2D eigenvalue weighted by Crippen LogP contribution is 2.23. The highest BCUT2D eigenvalue weighted by Gasteiger charge is 2.15. The zero-order valence-corrected chi connectivity index (χ0v) is 12.9. The second-order valence-corrected chi connectivity index (χ2v) is 7.20. The molecule has 1 heterocycles. The summed E-state index contributed by atoms with van der Waals surface area (Å²) < 4.78 is 32.3. The zero-order valence-electron chi connectivity index (χ0n) is 11.3. The second kappa shape index (κ2) is 5.52. The fourth-order valence-corrected chi connectivity index (χ4v) is 3.74. The molecule has 118 valence electrons. The molecule has 3 rings (SSSR count). The fourth-order valence-electron chi connectivity index (χ4n) is 1.94. The van der Waals surface area contributed by atoms with Crippen LogP contribution in [0.1, 0.15) is 10.4 Å². The van der Waals surface area contributed by atoms with Gasteiger partial charge in [-0.05, 0) is 35.9 Å². The molecule has 0 unspecified atom stereocenters. The van der Waals surface area contributed by atoms with E-state index in [1.807, 2.05) is 0 Å². The molecule has 0 amide bonds. The molecule has 7 nitrogen and oxygen atoms in total. The monoisotopic (exact) mass is 350 g/mol. The highest BCUT2D eigenvalue weighted by atomic mass is 32.2. The Bertz CT molecular complexity index is 1060. The summed E-state index contributed by atoms with van der Waals surface area (Å²) in [5, 5.41) is 10.8. The summed E-state index contributed by atoms with van der Waals surface area (Å²) in [6.45, 7) is 0. The van der Waals surface area contributed by atoms with Crippen LogP contribution in [-0.2, 0) is 10.0 Å². The normalized spacial score (nSPS) is 11.5. The first-order chi connectivity index (χ1) is 10.8. The van der Waals surface area contributed by atoms with Gasteiger partial charge in [0.2, 0.25) is 0 Å². The molecule has 0 saturated carbocycles. The predicted octanol–water partition coefficient (Wildman–Crippen LogP) is 1.02. The molecule has 0 bridgehead atoms. The van der Waals surface area contributed by atoms with Crippen LogP contribution in [0.5, 0.6) is 0 Å². The van der Waals surface area contributed by atoms with E-state index in [2.05, 4.69) is 4.72 Å². The molecule has 3 aromatic rings. The minimum absolute atomic E-state index is 0.209. The summed E-state index contributed by atoms with van der Waals surface area (Å²) in [4.78, 5) is 21.3. The van der Waals surface area contributed by atoms with E-state index in [0.717, 1.165) is 17.4 Å². The summed E-state index contributed by atoms with van der Waals surface area (Å²) in [5.74, 6) is -1.47. The molecule has 1 aromatic heterocycles. The van der Waals surface area contributed by atoms with Crippen LogP contribution in [0.4, 0.5) is 5.69 Å². The average molecular weight is 350 g/mol. The lowest BCUT2D eigenvalue weighted by Crippen LogP contribution is -2.23. The number of carboxylic acids is 1. The smallest absolute Gasteiger partial charge is 0.396 e. The van der Waals surface area contributed by atoms with Crippen LogP contribution in [0.3, 0.4) is 0 Å². The number of carboxylic acid groups (broad SMARTS) is 1. The maximum atomic E-state index is 12.3. The van der Waals surface area contributed by atoms with Crippen LogP contribution in [0.15, 0.2) is 56.6 Å². The third kappa shape index (κ3) is 3.10. The van der Waals surface area contributed by atoms with Gasteiger partial charge >= 0.3 is 4.94 Å². The van der Waals surface area contributed by atoms with Crippen molar-refractivity contribution in [3.8, 4) is 0 Å². The molecule has 9 heteroatoms. The van der Waals surface area contributed by atoms with Gasteiger partial charge in [-0.15, -0.1) is 0 Å². The Balaban J connectivity index is 1.97. The molecule has 0 aliphatic heterocycles. The number of hydrogen-bond donors (Lipinski definition) is 1. The number of anilines is 1. The van der Waals surface area contributed by atoms with E-state index in [1.165, 1.54) is 36.4 Å². The summed E-state index contributed by atoms with van der Waals surface area (Å²) in [6, 6.07) is 9.20. The van der Waals surface area contributed by atoms with Crippen LogP contribution < -0.4 is 14.8 Å². The number of benzene rings is 2. The van der Waals surface area contributed by atoms with Crippen molar-refractivity contribution in [3.05, 3.63) is 57.8 Å². The van der Waals surface area contributed by atoms with Crippen molar-refractivity contribution >= 4 is 43.3 Å². The van der Waals surface area contributed by atoms with Gasteiger partial charge in [0.05, 0.1) is 21.3 Å². The van der Waals surface area contributed by atoms with Crippen LogP contribution in [-0.4, -0.2) is 14.4 Å². The Morgan fingerprint density at radius 1 is 1.17 bits per heavy atom. The standard InChI is InChI=1S/C14H9NO6S2/c16-13(17)8-2-1-3-10(6-8)23(19,20)15-9-4-5-11-12(7-9)22-14(18)21-11/h1-7,15H,(H,16,17)/p-1. The highest BCUT2D eigenvalue weighted by molar-refractivity contribution is 7.92. The van der Waals surface area contributed by atoms with Gasteiger partial charge < -0.3 is 14.3 Å². The molecular formula is C14H8NO6S2-. The number of sulfonamides is 1. The maximum Gasteiger partial charge on any atom is 0.396 e. The molecule has 0 saturated heterocycles. The first-order valence-electron chi connectivity index (χ1n) is 6.23. The minimum Gasteiger partial charge on any atom is -0.545 e. The molecule has 1 N–H and O–H groups in total. The van der Waals surface area contributed by atoms with Crippen molar-refractivity contribution in [2.75, 3.05) is 4.72 Å². The number of carbonyl (C=O) groups is 1. The Hall–Kier alpha value is -2.65. The topological polar surface area (TPSA) is 117 Å². The number of carbonyl (C=O) groups excluding carboxylic acids is 1. The third-order valence-electron chi connectivity index (χ3n) is 2.96. The molecule has 0 aliphatic rings. The zero-order chi connectivity index (χ0) is 16.6. The van der Waals surface area contributed by atoms with E-state index in [1.54, 1.807) is 0 Å². The summed E-state index contributed by atoms with van der Waals surface area (Å²) in [7, 11) is -3.98. The van der Waals surface area contributed by atoms with E-state index < -0.39 is 20.9 Å². The van der Waals surface area contributed by atoms with Crippen molar-refractivity contribution in [2.45, 2.75) is 4.90 Å². The molecule has 0 spiro atoms. The number of nitrogens with one attached hydrogen (secondary N) is 1. The number of rotatable bonds is 4. The van der Waals surface area contributed by atoms with Crippen molar-refractivity contribution in [1.82, 2.24) is 0 Å². The average Bonchev–Trinajstić information content (AvgIpc) is 2.86. The second-order valence-electron chi connectivity index (χ2n) is 4.54. The Kier molecular flexibility index (Phi) is 3.66. The van der Waals surface area contributed by atoms with Crippen molar-refractivity contribution in [3.63, 3.8) is 0 Å². The Morgan fingerprint density at radius 3 is 2.70 bits per heavy atom. The van der Waals surface area contributed by atoms with E-state index in [0.29, 0.717) is 10.3 Å². The van der Waals surface area contributed by atoms with Gasteiger partial charge in [0.1, 0.15) is 5.58 Å². The van der Waals surface area contributed by atoms with Crippen LogP contribution >= 0.6 is 11.3 Å². The van der Waals surface area contributed by atoms with Crippen molar-refractivity contribution in [2.24, 2.45) is 0 Å². The molecular weight excluding hydrogens is 342 g/mol. The van der Waals surface area contributed by atoms with Gasteiger partial charge in [0.25, 0.3) is 10.0 Å². The van der Waals surface area contributed by atoms with Gasteiger partial charge in [-0.1, -0.05) is 23.5 Å². The quantitative estimate of drug-likeness (QED) is 0.751. The number of hydrogen-bond acceptors (Lipinski definition) is 7. The third-order valence-corrected chi connectivity index (χ3v) is 5.13. The predicted molar refractivity (Wildman–Crippen MR) is 81.9 cm³/mol. The lowest BCUT2D eigenvalue weighted by molar-refractivity contribution is -0.255. The Morgan fingerprint density at radius 2 is 1.96 bits per heavy atom. The SMILES string of the molecule is O=C([O-])c1cccc(S(=O)(=O)Nc2ccc3oc(=O)sc3c2)c1. The van der Waals surface area contributed by atoms with Crippen molar-refractivity contribution in [1.29, 1.82) is 0 Å². The summed E-state index contributed by atoms with van der Waals surface area (Å²) in [5.41, 5.74) is 0.353. The van der Waals surface area contributed by atoms with Gasteiger partial charge in [0.15, 0.2) is 0 Å². The van der Waals surface area contributed by atoms with Crippen LogP contribution in [0.2, 0.25) is 0 Å². The molecule has 0 aliphatic carbocycles. The largest absolute Gasteiger partial charge is 0.545 e. The van der Waals surface area contributed by atoms with Gasteiger partial charge in [0, 0.05) is 0 Å². The van der Waals surface area contributed by atoms with Crippen LogP contribution in [0.25, 0.3) is 10.3 Å². The molecule has 23 heavy (non-hydrogen) atoms. The van der Waals surface area contributed by atoms with E-state index in [4.69, 9.17) is 4.42 Å². The lowest BCUT2D eigenvalue weighted by atomic mass is 10.2. The molecule has 0 fully saturated rings. The van der Waals surface area contributed by atoms with E-state index in [9.17, 15) is 23.1 Å². The number of aromatic carboxylic acids is 1. The summed E-state index contributed by atoms with van der Waals surface area (Å²) in [6.07, 6.45) is 0. The first-order valence-corrected chi connectivity index (χ1v) is 8.53. The Labute approximate surface area is 133 Å². The summed E-state index contributed by atoms with van der Waals surface area (Å²) >= 11 is 0.851. The fraction of sp³-hybridized carbons (Fsp3) is 0.